The Balaban J connectivity index is 2.45. The molecule has 13 heavy (non-hydrogen) atoms. The standard InChI is InChI=1S/C11H14N2/c1-2-9-3-4-10(7-9)11(8-13)5-6-12/h4,9-11H,1-3,5,7H2. The zero-order valence-corrected chi connectivity index (χ0v) is 7.74. The van der Waals surface area contributed by atoms with Gasteiger partial charge in [0.05, 0.1) is 24.5 Å². The van der Waals surface area contributed by atoms with Crippen molar-refractivity contribution in [3.05, 3.63) is 13.3 Å². The van der Waals surface area contributed by atoms with Crippen LogP contribution in [0.25, 0.3) is 0 Å². The topological polar surface area (TPSA) is 47.6 Å². The minimum Gasteiger partial charge on any atom is -0.198 e. The van der Waals surface area contributed by atoms with Crippen LogP contribution < -0.4 is 0 Å². The van der Waals surface area contributed by atoms with E-state index < -0.39 is 0 Å². The molecule has 2 radical (unpaired) electrons. The number of hydrogen-bond donors (Lipinski definition) is 0. The molecule has 0 N–H and O–H groups in total. The van der Waals surface area contributed by atoms with Gasteiger partial charge in [-0.2, -0.15) is 10.5 Å². The van der Waals surface area contributed by atoms with Gasteiger partial charge in [0.1, 0.15) is 0 Å². The van der Waals surface area contributed by atoms with Gasteiger partial charge in [-0.15, -0.1) is 0 Å². The van der Waals surface area contributed by atoms with Crippen LogP contribution in [0.3, 0.4) is 0 Å². The minimum atomic E-state index is -0.0958. The Morgan fingerprint density at radius 3 is 2.77 bits per heavy atom. The quantitative estimate of drug-likeness (QED) is 0.660. The molecule has 1 saturated carbocycles. The van der Waals surface area contributed by atoms with Crippen molar-refractivity contribution in [1.82, 2.24) is 0 Å². The normalized spacial score (nSPS) is 29.2. The van der Waals surface area contributed by atoms with Crippen LogP contribution in [0.5, 0.6) is 0 Å². The first-order valence-electron chi connectivity index (χ1n) is 4.71. The van der Waals surface area contributed by atoms with Crippen molar-refractivity contribution in [3.63, 3.8) is 0 Å². The van der Waals surface area contributed by atoms with Crippen molar-refractivity contribution in [1.29, 1.82) is 10.5 Å². The smallest absolute Gasteiger partial charge is 0.0669 e. The summed E-state index contributed by atoms with van der Waals surface area (Å²) in [6, 6.07) is 4.29. The lowest BCUT2D eigenvalue weighted by Crippen LogP contribution is -2.09. The monoisotopic (exact) mass is 174 g/mol. The van der Waals surface area contributed by atoms with Gasteiger partial charge in [-0.1, -0.05) is 13.3 Å². The first kappa shape index (κ1) is 10.1. The highest BCUT2D eigenvalue weighted by atomic mass is 14.4. The average Bonchev–Trinajstić information content (AvgIpc) is 2.62. The minimum absolute atomic E-state index is 0.0958. The summed E-state index contributed by atoms with van der Waals surface area (Å²) < 4.78 is 0. The van der Waals surface area contributed by atoms with E-state index in [1.165, 1.54) is 0 Å². The Hall–Kier alpha value is -1.02. The summed E-state index contributed by atoms with van der Waals surface area (Å²) in [4.78, 5) is 0. The Bertz CT molecular complexity index is 233. The summed E-state index contributed by atoms with van der Waals surface area (Å²) in [5, 5.41) is 17.4. The molecule has 68 valence electrons. The molecule has 0 aromatic rings. The van der Waals surface area contributed by atoms with E-state index in [9.17, 15) is 0 Å². The molecule has 0 aromatic carbocycles. The third kappa shape index (κ3) is 2.46. The Morgan fingerprint density at radius 2 is 2.31 bits per heavy atom. The molecule has 3 unspecified atom stereocenters. The maximum atomic E-state index is 8.84. The summed E-state index contributed by atoms with van der Waals surface area (Å²) in [6.07, 6.45) is 5.61. The molecule has 0 bridgehead atoms. The predicted octanol–water partition coefficient (Wildman–Crippen LogP) is 2.49. The van der Waals surface area contributed by atoms with Crippen molar-refractivity contribution in [2.75, 3.05) is 0 Å². The van der Waals surface area contributed by atoms with Crippen LogP contribution in [-0.2, 0) is 0 Å². The van der Waals surface area contributed by atoms with Crippen molar-refractivity contribution < 1.29 is 0 Å². The third-order valence-electron chi connectivity index (χ3n) is 2.78. The van der Waals surface area contributed by atoms with Gasteiger partial charge in [0.25, 0.3) is 0 Å². The predicted molar refractivity (Wildman–Crippen MR) is 49.8 cm³/mol. The molecule has 0 saturated heterocycles. The first-order valence-corrected chi connectivity index (χ1v) is 4.71. The van der Waals surface area contributed by atoms with E-state index in [0.717, 1.165) is 19.3 Å². The number of nitriles is 2. The molecule has 2 nitrogen and oxygen atoms in total. The van der Waals surface area contributed by atoms with Gasteiger partial charge in [0.2, 0.25) is 0 Å². The van der Waals surface area contributed by atoms with Gasteiger partial charge in [-0.25, -0.2) is 0 Å². The van der Waals surface area contributed by atoms with Crippen molar-refractivity contribution in [2.45, 2.75) is 25.7 Å². The largest absolute Gasteiger partial charge is 0.198 e. The van der Waals surface area contributed by atoms with Crippen LogP contribution in [0.2, 0.25) is 0 Å². The SMILES string of the molecule is [CH2]CC1C[CH]C(C(C#N)CC#N)C1. The van der Waals surface area contributed by atoms with Crippen LogP contribution in [-0.4, -0.2) is 0 Å². The summed E-state index contributed by atoms with van der Waals surface area (Å²) >= 11 is 0. The summed E-state index contributed by atoms with van der Waals surface area (Å²) in [5.41, 5.74) is 0. The van der Waals surface area contributed by atoms with Crippen molar-refractivity contribution in [2.24, 2.45) is 17.8 Å². The highest BCUT2D eigenvalue weighted by molar-refractivity contribution is 5.02. The number of rotatable bonds is 3. The van der Waals surface area contributed by atoms with E-state index >= 15 is 0 Å². The highest BCUT2D eigenvalue weighted by Crippen LogP contribution is 2.37. The van der Waals surface area contributed by atoms with E-state index in [0.29, 0.717) is 18.3 Å². The third-order valence-corrected chi connectivity index (χ3v) is 2.78. The zero-order chi connectivity index (χ0) is 9.68. The summed E-state index contributed by atoms with van der Waals surface area (Å²) in [6.45, 7) is 3.87. The maximum Gasteiger partial charge on any atom is 0.0669 e. The molecule has 0 amide bonds. The second-order valence-corrected chi connectivity index (χ2v) is 3.62. The van der Waals surface area contributed by atoms with Gasteiger partial charge in [-0.05, 0) is 31.1 Å². The first-order chi connectivity index (χ1) is 6.31. The van der Waals surface area contributed by atoms with E-state index in [1.54, 1.807) is 0 Å². The lowest BCUT2D eigenvalue weighted by molar-refractivity contribution is 0.428. The van der Waals surface area contributed by atoms with Crippen LogP contribution in [0, 0.1) is 53.8 Å². The molecular weight excluding hydrogens is 160 g/mol. The number of hydrogen-bond acceptors (Lipinski definition) is 2. The van der Waals surface area contributed by atoms with E-state index in [4.69, 9.17) is 10.5 Å². The maximum absolute atomic E-state index is 8.84. The average molecular weight is 174 g/mol. The molecule has 0 aromatic heterocycles. The molecule has 0 heterocycles. The molecule has 1 aliphatic carbocycles. The zero-order valence-electron chi connectivity index (χ0n) is 7.74. The van der Waals surface area contributed by atoms with Crippen LogP contribution in [0.1, 0.15) is 25.7 Å². The molecule has 1 aliphatic rings. The van der Waals surface area contributed by atoms with Crippen molar-refractivity contribution >= 4 is 0 Å². The Kier molecular flexibility index (Phi) is 3.77. The summed E-state index contributed by atoms with van der Waals surface area (Å²) in [7, 11) is 0. The molecule has 3 atom stereocenters. The van der Waals surface area contributed by atoms with Crippen molar-refractivity contribution in [3.8, 4) is 12.1 Å². The molecule has 1 fully saturated rings. The Labute approximate surface area is 80.2 Å². The van der Waals surface area contributed by atoms with Gasteiger partial charge < -0.3 is 0 Å². The lowest BCUT2D eigenvalue weighted by Gasteiger charge is -2.13. The fourth-order valence-electron chi connectivity index (χ4n) is 1.90. The molecule has 2 heteroatoms. The van der Waals surface area contributed by atoms with Gasteiger partial charge in [0, 0.05) is 0 Å². The number of nitrogens with zero attached hydrogens (tertiary/aromatic N) is 2. The lowest BCUT2D eigenvalue weighted by atomic mass is 9.89. The fraction of sp³-hybridized carbons (Fsp3) is 0.636. The van der Waals surface area contributed by atoms with Crippen LogP contribution >= 0.6 is 0 Å². The van der Waals surface area contributed by atoms with E-state index in [2.05, 4.69) is 25.5 Å². The van der Waals surface area contributed by atoms with Gasteiger partial charge in [-0.3, -0.25) is 0 Å². The summed E-state index contributed by atoms with van der Waals surface area (Å²) in [5.74, 6) is 0.873. The second kappa shape index (κ2) is 4.87. The molecule has 0 spiro atoms. The fourth-order valence-corrected chi connectivity index (χ4v) is 1.90. The molecule has 0 aliphatic heterocycles. The molecule has 1 rings (SSSR count). The van der Waals surface area contributed by atoms with Crippen LogP contribution in [0.15, 0.2) is 0 Å². The van der Waals surface area contributed by atoms with E-state index in [-0.39, 0.29) is 5.92 Å². The Morgan fingerprint density at radius 1 is 1.54 bits per heavy atom. The van der Waals surface area contributed by atoms with Gasteiger partial charge >= 0.3 is 0 Å². The van der Waals surface area contributed by atoms with Crippen LogP contribution in [0.4, 0.5) is 0 Å². The second-order valence-electron chi connectivity index (χ2n) is 3.62. The van der Waals surface area contributed by atoms with Gasteiger partial charge in [0.15, 0.2) is 0 Å². The highest BCUT2D eigenvalue weighted by Gasteiger charge is 2.29. The molecular formula is C11H14N2. The van der Waals surface area contributed by atoms with E-state index in [1.807, 2.05) is 0 Å².